The molecule has 4 rings (SSSR count). The molecule has 0 saturated carbocycles. The van der Waals surface area contributed by atoms with E-state index in [0.29, 0.717) is 12.4 Å². The van der Waals surface area contributed by atoms with Crippen LogP contribution in [0.5, 0.6) is 0 Å². The monoisotopic (exact) mass is 469 g/mol. The first-order chi connectivity index (χ1) is 16.0. The fourth-order valence-electron chi connectivity index (χ4n) is 4.68. The summed E-state index contributed by atoms with van der Waals surface area (Å²) in [4.78, 5) is 9.58. The summed E-state index contributed by atoms with van der Waals surface area (Å²) in [6.07, 6.45) is 9.08. The summed E-state index contributed by atoms with van der Waals surface area (Å²) >= 11 is 0. The third-order valence-corrected chi connectivity index (χ3v) is 7.71. The molecule has 0 saturated heterocycles. The van der Waals surface area contributed by atoms with Gasteiger partial charge in [0.05, 0.1) is 11.3 Å². The van der Waals surface area contributed by atoms with Gasteiger partial charge in [-0.15, -0.1) is 0 Å². The first-order valence-electron chi connectivity index (χ1n) is 12.2. The topological polar surface area (TPSA) is 103 Å². The number of imidazole rings is 1. The summed E-state index contributed by atoms with van der Waals surface area (Å²) in [5.74, 6) is 1.62. The Hall–Kier alpha value is -2.45. The van der Waals surface area contributed by atoms with E-state index in [4.69, 9.17) is 10.7 Å². The van der Waals surface area contributed by atoms with Crippen LogP contribution in [0.25, 0.3) is 11.0 Å². The second-order valence-corrected chi connectivity index (χ2v) is 10.8. The zero-order valence-corrected chi connectivity index (χ0v) is 20.3. The van der Waals surface area contributed by atoms with Crippen molar-refractivity contribution in [3.8, 4) is 0 Å². The minimum absolute atomic E-state index is 0.0135. The van der Waals surface area contributed by atoms with Crippen LogP contribution < -0.4 is 10.5 Å². The molecule has 33 heavy (non-hydrogen) atoms. The van der Waals surface area contributed by atoms with Crippen LogP contribution in [0, 0.1) is 0 Å². The highest BCUT2D eigenvalue weighted by atomic mass is 32.2. The number of unbranched alkanes of at least 4 members (excludes halogenated alkanes) is 2. The number of nitrogen functional groups attached to an aromatic ring is 1. The molecule has 8 heteroatoms. The van der Waals surface area contributed by atoms with Crippen LogP contribution in [0.3, 0.4) is 0 Å². The first-order valence-corrected chi connectivity index (χ1v) is 13.8. The number of fused-ring (bicyclic) bond motifs is 3. The average Bonchev–Trinajstić information content (AvgIpc) is 3.17. The van der Waals surface area contributed by atoms with Gasteiger partial charge in [-0.2, -0.15) is 0 Å². The van der Waals surface area contributed by atoms with Crippen molar-refractivity contribution in [3.05, 3.63) is 53.0 Å². The minimum atomic E-state index is -3.34. The number of hydrogen-bond acceptors (Lipinski definition) is 5. The van der Waals surface area contributed by atoms with Crippen molar-refractivity contribution >= 4 is 26.9 Å². The van der Waals surface area contributed by atoms with Crippen LogP contribution in [0.15, 0.2) is 30.3 Å². The fourth-order valence-corrected chi connectivity index (χ4v) is 5.87. The van der Waals surface area contributed by atoms with Crippen LogP contribution in [0.1, 0.15) is 68.1 Å². The van der Waals surface area contributed by atoms with Crippen molar-refractivity contribution in [2.45, 2.75) is 77.0 Å². The van der Waals surface area contributed by atoms with Gasteiger partial charge in [0.2, 0.25) is 10.0 Å². The predicted octanol–water partition coefficient (Wildman–Crippen LogP) is 4.13. The quantitative estimate of drug-likeness (QED) is 0.411. The SMILES string of the molecule is CCCCc1nc2c(N)nc3c(c2n1CCCCNS(=O)(=O)Cc1ccccc1)CCCC3. The lowest BCUT2D eigenvalue weighted by molar-refractivity contribution is 0.559. The van der Waals surface area contributed by atoms with Crippen molar-refractivity contribution in [1.29, 1.82) is 0 Å². The lowest BCUT2D eigenvalue weighted by atomic mass is 9.95. The molecule has 0 spiro atoms. The maximum Gasteiger partial charge on any atom is 0.215 e. The van der Waals surface area contributed by atoms with Gasteiger partial charge in [0.25, 0.3) is 0 Å². The maximum absolute atomic E-state index is 12.4. The van der Waals surface area contributed by atoms with Gasteiger partial charge in [-0.25, -0.2) is 23.1 Å². The molecule has 2 heterocycles. The van der Waals surface area contributed by atoms with E-state index in [1.54, 1.807) is 0 Å². The normalized spacial score (nSPS) is 14.0. The van der Waals surface area contributed by atoms with Crippen molar-refractivity contribution in [2.24, 2.45) is 0 Å². The Morgan fingerprint density at radius 1 is 1.06 bits per heavy atom. The van der Waals surface area contributed by atoms with E-state index in [1.165, 1.54) is 12.0 Å². The summed E-state index contributed by atoms with van der Waals surface area (Å²) < 4.78 is 29.9. The number of sulfonamides is 1. The van der Waals surface area contributed by atoms with Gasteiger partial charge in [0.1, 0.15) is 11.3 Å². The Morgan fingerprint density at radius 3 is 2.64 bits per heavy atom. The van der Waals surface area contributed by atoms with E-state index in [1.807, 2.05) is 30.3 Å². The largest absolute Gasteiger partial charge is 0.382 e. The Balaban J connectivity index is 1.44. The summed E-state index contributed by atoms with van der Waals surface area (Å²) in [5, 5.41) is 0. The number of aromatic nitrogens is 3. The van der Waals surface area contributed by atoms with Gasteiger partial charge in [-0.05, 0) is 56.1 Å². The molecule has 3 N–H and O–H groups in total. The van der Waals surface area contributed by atoms with E-state index in [2.05, 4.69) is 21.2 Å². The number of aryl methyl sites for hydroxylation is 4. The molecule has 1 aliphatic rings. The number of nitrogens with two attached hydrogens (primary N) is 1. The zero-order chi connectivity index (χ0) is 23.3. The second-order valence-electron chi connectivity index (χ2n) is 8.96. The lowest BCUT2D eigenvalue weighted by Crippen LogP contribution is -2.26. The Bertz CT molecular complexity index is 1190. The highest BCUT2D eigenvalue weighted by molar-refractivity contribution is 7.88. The van der Waals surface area contributed by atoms with Gasteiger partial charge in [-0.1, -0.05) is 43.7 Å². The molecule has 1 aromatic carbocycles. The van der Waals surface area contributed by atoms with Crippen molar-refractivity contribution in [2.75, 3.05) is 12.3 Å². The molecule has 0 unspecified atom stereocenters. The number of rotatable bonds is 11. The summed E-state index contributed by atoms with van der Waals surface area (Å²) in [5.41, 5.74) is 11.5. The van der Waals surface area contributed by atoms with E-state index in [0.717, 1.165) is 86.0 Å². The van der Waals surface area contributed by atoms with Gasteiger partial charge in [0, 0.05) is 25.2 Å². The number of nitrogens with one attached hydrogen (secondary N) is 1. The second kappa shape index (κ2) is 10.7. The van der Waals surface area contributed by atoms with Crippen molar-refractivity contribution in [1.82, 2.24) is 19.3 Å². The van der Waals surface area contributed by atoms with Crippen LogP contribution in [0.2, 0.25) is 0 Å². The van der Waals surface area contributed by atoms with Crippen LogP contribution in [0.4, 0.5) is 5.82 Å². The van der Waals surface area contributed by atoms with Gasteiger partial charge in [-0.3, -0.25) is 0 Å². The summed E-state index contributed by atoms with van der Waals surface area (Å²) in [7, 11) is -3.34. The van der Waals surface area contributed by atoms with E-state index < -0.39 is 10.0 Å². The molecule has 0 atom stereocenters. The highest BCUT2D eigenvalue weighted by Gasteiger charge is 2.22. The summed E-state index contributed by atoms with van der Waals surface area (Å²) in [6, 6.07) is 9.28. The van der Waals surface area contributed by atoms with E-state index in [9.17, 15) is 8.42 Å². The number of anilines is 1. The average molecular weight is 470 g/mol. The third-order valence-electron chi connectivity index (χ3n) is 6.35. The molecule has 178 valence electrons. The molecule has 0 fully saturated rings. The number of pyridine rings is 1. The Labute approximate surface area is 196 Å². The molecule has 2 aromatic heterocycles. The van der Waals surface area contributed by atoms with Crippen LogP contribution in [-0.4, -0.2) is 29.5 Å². The molecule has 0 radical (unpaired) electrons. The maximum atomic E-state index is 12.4. The minimum Gasteiger partial charge on any atom is -0.382 e. The standard InChI is InChI=1S/C25H35N5O2S/c1-2-3-15-22-29-23-24(20-13-7-8-14-21(20)28-25(23)26)30(22)17-10-9-16-27-33(31,32)18-19-11-5-4-6-12-19/h4-6,11-12,27H,2-3,7-10,13-18H2,1H3,(H2,26,28). The smallest absolute Gasteiger partial charge is 0.215 e. The number of benzene rings is 1. The van der Waals surface area contributed by atoms with Crippen LogP contribution >= 0.6 is 0 Å². The number of nitrogens with zero attached hydrogens (tertiary/aromatic N) is 3. The van der Waals surface area contributed by atoms with Gasteiger partial charge >= 0.3 is 0 Å². The third kappa shape index (κ3) is 5.73. The highest BCUT2D eigenvalue weighted by Crippen LogP contribution is 2.32. The molecule has 1 aliphatic carbocycles. The summed E-state index contributed by atoms with van der Waals surface area (Å²) in [6.45, 7) is 3.44. The molecular weight excluding hydrogens is 434 g/mol. The fraction of sp³-hybridized carbons (Fsp3) is 0.520. The van der Waals surface area contributed by atoms with E-state index in [-0.39, 0.29) is 5.75 Å². The molecule has 3 aromatic rings. The first kappa shape index (κ1) is 23.7. The molecule has 0 amide bonds. The zero-order valence-electron chi connectivity index (χ0n) is 19.5. The van der Waals surface area contributed by atoms with Crippen molar-refractivity contribution < 1.29 is 8.42 Å². The number of hydrogen-bond donors (Lipinski definition) is 2. The van der Waals surface area contributed by atoms with E-state index >= 15 is 0 Å². The van der Waals surface area contributed by atoms with Gasteiger partial charge < -0.3 is 10.3 Å². The van der Waals surface area contributed by atoms with Crippen LogP contribution in [-0.2, 0) is 41.6 Å². The lowest BCUT2D eigenvalue weighted by Gasteiger charge is -2.18. The Morgan fingerprint density at radius 2 is 1.85 bits per heavy atom. The van der Waals surface area contributed by atoms with Crippen molar-refractivity contribution in [3.63, 3.8) is 0 Å². The molecular formula is C25H35N5O2S. The molecule has 0 bridgehead atoms. The van der Waals surface area contributed by atoms with Gasteiger partial charge in [0.15, 0.2) is 5.82 Å². The predicted molar refractivity (Wildman–Crippen MR) is 133 cm³/mol. The molecule has 0 aliphatic heterocycles. The Kier molecular flexibility index (Phi) is 7.65. The molecule has 7 nitrogen and oxygen atoms in total.